The molecule has 0 spiro atoms. The van der Waals surface area contributed by atoms with Gasteiger partial charge in [0.1, 0.15) is 0 Å². The van der Waals surface area contributed by atoms with Gasteiger partial charge in [0.2, 0.25) is 0 Å². The summed E-state index contributed by atoms with van der Waals surface area (Å²) < 4.78 is 2.04. The van der Waals surface area contributed by atoms with E-state index in [2.05, 4.69) is 4.98 Å². The molecule has 26 heavy (non-hydrogen) atoms. The van der Waals surface area contributed by atoms with E-state index < -0.39 is 5.97 Å². The summed E-state index contributed by atoms with van der Waals surface area (Å²) in [4.78, 5) is 27.9. The highest BCUT2D eigenvalue weighted by Gasteiger charge is 2.23. The van der Waals surface area contributed by atoms with Crippen LogP contribution < -0.4 is 0 Å². The maximum Gasteiger partial charge on any atom is 0.335 e. The highest BCUT2D eigenvalue weighted by molar-refractivity contribution is 6.04. The summed E-state index contributed by atoms with van der Waals surface area (Å²) in [5.41, 5.74) is 4.32. The molecule has 0 aliphatic heterocycles. The largest absolute Gasteiger partial charge is 0.478 e. The summed E-state index contributed by atoms with van der Waals surface area (Å²) in [6.45, 7) is 6.55. The standard InChI is InChI=1S/C21H22N2O3/c1-4-14-9-15(21(25)26)10-18-19(14)17(12-24)20(13(2)3)23(18)11-16-7-5-6-8-22-16/h5-10,12-13H,4,11H2,1-3H3,(H,25,26). The molecule has 0 saturated carbocycles. The Morgan fingerprint density at radius 1 is 1.31 bits per heavy atom. The number of carboxylic acid groups (broad SMARTS) is 1. The number of aromatic carboxylic acids is 1. The van der Waals surface area contributed by atoms with Crippen LogP contribution in [-0.4, -0.2) is 26.9 Å². The summed E-state index contributed by atoms with van der Waals surface area (Å²) in [5.74, 6) is -0.852. The molecule has 2 aromatic heterocycles. The van der Waals surface area contributed by atoms with Crippen LogP contribution in [0.4, 0.5) is 0 Å². The first kappa shape index (κ1) is 17.9. The molecule has 134 valence electrons. The van der Waals surface area contributed by atoms with Crippen LogP contribution in [0.3, 0.4) is 0 Å². The lowest BCUT2D eigenvalue weighted by atomic mass is 9.98. The molecule has 0 bridgehead atoms. The smallest absolute Gasteiger partial charge is 0.335 e. The summed E-state index contributed by atoms with van der Waals surface area (Å²) in [6, 6.07) is 9.04. The van der Waals surface area contributed by atoms with Crippen molar-refractivity contribution >= 4 is 23.2 Å². The number of benzene rings is 1. The number of fused-ring (bicyclic) bond motifs is 1. The summed E-state index contributed by atoms with van der Waals surface area (Å²) in [6.07, 6.45) is 3.28. The highest BCUT2D eigenvalue weighted by Crippen LogP contribution is 2.34. The molecule has 2 heterocycles. The van der Waals surface area contributed by atoms with Crippen LogP contribution in [-0.2, 0) is 13.0 Å². The van der Waals surface area contributed by atoms with Gasteiger partial charge in [0.15, 0.2) is 6.29 Å². The molecule has 0 aliphatic carbocycles. The predicted molar refractivity (Wildman–Crippen MR) is 101 cm³/mol. The van der Waals surface area contributed by atoms with Crippen molar-refractivity contribution in [3.05, 3.63) is 64.6 Å². The van der Waals surface area contributed by atoms with Gasteiger partial charge in [-0.25, -0.2) is 4.79 Å². The third-order valence-electron chi connectivity index (χ3n) is 4.66. The molecular formula is C21H22N2O3. The average Bonchev–Trinajstić information content (AvgIpc) is 2.95. The summed E-state index contributed by atoms with van der Waals surface area (Å²) in [5, 5.41) is 10.4. The summed E-state index contributed by atoms with van der Waals surface area (Å²) in [7, 11) is 0. The van der Waals surface area contributed by atoms with E-state index >= 15 is 0 Å². The number of pyridine rings is 1. The van der Waals surface area contributed by atoms with Crippen molar-refractivity contribution in [2.75, 3.05) is 0 Å². The number of hydrogen-bond acceptors (Lipinski definition) is 3. The summed E-state index contributed by atoms with van der Waals surface area (Å²) >= 11 is 0. The number of carboxylic acids is 1. The molecule has 0 saturated heterocycles. The number of hydrogen-bond donors (Lipinski definition) is 1. The van der Waals surface area contributed by atoms with E-state index in [1.165, 1.54) is 0 Å². The lowest BCUT2D eigenvalue weighted by Gasteiger charge is -2.14. The number of carbonyl (C=O) groups is 2. The van der Waals surface area contributed by atoms with Gasteiger partial charge < -0.3 is 9.67 Å². The fraction of sp³-hybridized carbons (Fsp3) is 0.286. The van der Waals surface area contributed by atoms with E-state index in [0.29, 0.717) is 18.5 Å². The molecule has 3 rings (SSSR count). The van der Waals surface area contributed by atoms with Crippen molar-refractivity contribution < 1.29 is 14.7 Å². The van der Waals surface area contributed by atoms with Crippen LogP contribution >= 0.6 is 0 Å². The van der Waals surface area contributed by atoms with Gasteiger partial charge in [-0.2, -0.15) is 0 Å². The van der Waals surface area contributed by atoms with Gasteiger partial charge in [0, 0.05) is 22.8 Å². The molecule has 0 radical (unpaired) electrons. The highest BCUT2D eigenvalue weighted by atomic mass is 16.4. The van der Waals surface area contributed by atoms with Gasteiger partial charge in [0.25, 0.3) is 0 Å². The number of aromatic nitrogens is 2. The van der Waals surface area contributed by atoms with Gasteiger partial charge >= 0.3 is 5.97 Å². The van der Waals surface area contributed by atoms with Gasteiger partial charge in [-0.3, -0.25) is 9.78 Å². The number of nitrogens with zero attached hydrogens (tertiary/aromatic N) is 2. The van der Waals surface area contributed by atoms with Gasteiger partial charge in [-0.1, -0.05) is 26.8 Å². The normalized spacial score (nSPS) is 11.2. The third kappa shape index (κ3) is 3.01. The topological polar surface area (TPSA) is 72.2 Å². The molecule has 5 heteroatoms. The minimum Gasteiger partial charge on any atom is -0.478 e. The molecular weight excluding hydrogens is 328 g/mol. The van der Waals surface area contributed by atoms with Crippen molar-refractivity contribution in [3.8, 4) is 0 Å². The molecule has 0 amide bonds. The number of aryl methyl sites for hydroxylation is 1. The number of rotatable bonds is 6. The van der Waals surface area contributed by atoms with Crippen LogP contribution in [0.25, 0.3) is 10.9 Å². The van der Waals surface area contributed by atoms with E-state index in [1.807, 2.05) is 43.5 Å². The Kier molecular flexibility index (Phi) is 4.89. The Balaban J connectivity index is 2.39. The molecule has 0 atom stereocenters. The predicted octanol–water partition coefficient (Wildman–Crippen LogP) is 4.28. The van der Waals surface area contributed by atoms with Crippen LogP contribution in [0.15, 0.2) is 36.5 Å². The first-order valence-corrected chi connectivity index (χ1v) is 8.75. The van der Waals surface area contributed by atoms with Crippen LogP contribution in [0.2, 0.25) is 0 Å². The second kappa shape index (κ2) is 7.12. The Morgan fingerprint density at radius 2 is 2.08 bits per heavy atom. The molecule has 0 unspecified atom stereocenters. The molecule has 1 N–H and O–H groups in total. The van der Waals surface area contributed by atoms with Gasteiger partial charge in [-0.05, 0) is 42.2 Å². The number of carbonyl (C=O) groups excluding carboxylic acids is 1. The lowest BCUT2D eigenvalue weighted by molar-refractivity contribution is 0.0696. The van der Waals surface area contributed by atoms with Crippen LogP contribution in [0.1, 0.15) is 64.4 Å². The maximum atomic E-state index is 12.0. The first-order valence-electron chi connectivity index (χ1n) is 8.75. The van der Waals surface area contributed by atoms with Crippen LogP contribution in [0, 0.1) is 0 Å². The van der Waals surface area contributed by atoms with Gasteiger partial charge in [0.05, 0.1) is 23.3 Å². The quantitative estimate of drug-likeness (QED) is 0.674. The van der Waals surface area contributed by atoms with E-state index in [4.69, 9.17) is 0 Å². The first-order chi connectivity index (χ1) is 12.5. The van der Waals surface area contributed by atoms with E-state index in [9.17, 15) is 14.7 Å². The van der Waals surface area contributed by atoms with Crippen molar-refractivity contribution in [1.82, 2.24) is 9.55 Å². The Labute approximate surface area is 152 Å². The Morgan fingerprint density at radius 3 is 2.62 bits per heavy atom. The van der Waals surface area contributed by atoms with E-state index in [0.717, 1.165) is 34.1 Å². The van der Waals surface area contributed by atoms with E-state index in [-0.39, 0.29) is 11.5 Å². The minimum absolute atomic E-state index is 0.115. The zero-order chi connectivity index (χ0) is 18.8. The van der Waals surface area contributed by atoms with Crippen molar-refractivity contribution in [2.45, 2.75) is 39.7 Å². The molecule has 3 aromatic rings. The molecule has 1 aromatic carbocycles. The zero-order valence-electron chi connectivity index (χ0n) is 15.2. The van der Waals surface area contributed by atoms with Crippen molar-refractivity contribution in [2.24, 2.45) is 0 Å². The monoisotopic (exact) mass is 350 g/mol. The molecule has 0 fully saturated rings. The third-order valence-corrected chi connectivity index (χ3v) is 4.66. The zero-order valence-corrected chi connectivity index (χ0v) is 15.2. The maximum absolute atomic E-state index is 12.0. The molecule has 0 aliphatic rings. The molecule has 5 nitrogen and oxygen atoms in total. The number of aldehydes is 1. The fourth-order valence-electron chi connectivity index (χ4n) is 3.58. The Bertz CT molecular complexity index is 972. The van der Waals surface area contributed by atoms with Crippen LogP contribution in [0.5, 0.6) is 0 Å². The van der Waals surface area contributed by atoms with E-state index in [1.54, 1.807) is 18.3 Å². The minimum atomic E-state index is -0.967. The SMILES string of the molecule is CCc1cc(C(=O)O)cc2c1c(C=O)c(C(C)C)n2Cc1ccccn1. The lowest BCUT2D eigenvalue weighted by Crippen LogP contribution is -2.08. The second-order valence-electron chi connectivity index (χ2n) is 6.67. The fourth-order valence-corrected chi connectivity index (χ4v) is 3.58. The second-order valence-corrected chi connectivity index (χ2v) is 6.67. The van der Waals surface area contributed by atoms with Crippen molar-refractivity contribution in [1.29, 1.82) is 0 Å². The van der Waals surface area contributed by atoms with Crippen molar-refractivity contribution in [3.63, 3.8) is 0 Å². The Hall–Kier alpha value is -2.95. The average molecular weight is 350 g/mol. The van der Waals surface area contributed by atoms with Gasteiger partial charge in [-0.15, -0.1) is 0 Å².